The Morgan fingerprint density at radius 3 is 2.37 bits per heavy atom. The highest BCUT2D eigenvalue weighted by atomic mass is 19.4. The maximum Gasteiger partial charge on any atom is 0.441 e. The van der Waals surface area contributed by atoms with Gasteiger partial charge < -0.3 is 4.74 Å². The summed E-state index contributed by atoms with van der Waals surface area (Å²) < 4.78 is 41.8. The molecule has 0 fully saturated rings. The molecule has 0 unspecified atom stereocenters. The topological polar surface area (TPSA) is 38.7 Å². The second-order valence-electron chi connectivity index (χ2n) is 3.37. The molecule has 1 aromatic rings. The van der Waals surface area contributed by atoms with E-state index in [0.717, 1.165) is 0 Å². The van der Waals surface area contributed by atoms with Gasteiger partial charge in [-0.3, -0.25) is 0 Å². The number of aliphatic imine (C=N–C) groups is 1. The maximum absolute atomic E-state index is 12.4. The third kappa shape index (κ3) is 4.14. The van der Waals surface area contributed by atoms with Crippen molar-refractivity contribution in [3.63, 3.8) is 0 Å². The molecule has 1 rings (SSSR count). The molecular weight excluding hydrogens is 259 g/mol. The Morgan fingerprint density at radius 1 is 1.37 bits per heavy atom. The highest BCUT2D eigenvalue weighted by molar-refractivity contribution is 6.05. The van der Waals surface area contributed by atoms with Gasteiger partial charge in [0, 0.05) is 0 Å². The van der Waals surface area contributed by atoms with Gasteiger partial charge in [-0.1, -0.05) is 0 Å². The predicted molar refractivity (Wildman–Crippen MR) is 64.4 cm³/mol. The summed E-state index contributed by atoms with van der Waals surface area (Å²) in [4.78, 5) is 14.6. The van der Waals surface area contributed by atoms with Gasteiger partial charge in [0.05, 0.1) is 17.9 Å². The molecule has 0 amide bonds. The minimum Gasteiger partial charge on any atom is -0.462 e. The van der Waals surface area contributed by atoms with Crippen LogP contribution in [0.5, 0.6) is 0 Å². The molecule has 0 aromatic heterocycles. The molecule has 19 heavy (non-hydrogen) atoms. The van der Waals surface area contributed by atoms with Gasteiger partial charge in [-0.2, -0.15) is 13.2 Å². The van der Waals surface area contributed by atoms with Crippen molar-refractivity contribution in [2.75, 3.05) is 6.61 Å². The van der Waals surface area contributed by atoms with Crippen LogP contribution in [-0.2, 0) is 4.74 Å². The number of esters is 1. The fraction of sp³-hybridized carbons (Fsp3) is 0.231. The zero-order valence-corrected chi connectivity index (χ0v) is 9.99. The van der Waals surface area contributed by atoms with Gasteiger partial charge in [-0.15, -0.1) is 6.42 Å². The van der Waals surface area contributed by atoms with E-state index in [2.05, 4.69) is 4.99 Å². The average molecular weight is 269 g/mol. The summed E-state index contributed by atoms with van der Waals surface area (Å²) in [6.07, 6.45) is 0.0775. The van der Waals surface area contributed by atoms with Gasteiger partial charge in [0.1, 0.15) is 0 Å². The van der Waals surface area contributed by atoms with Crippen LogP contribution in [0.25, 0.3) is 0 Å². The van der Waals surface area contributed by atoms with Gasteiger partial charge in [-0.05, 0) is 37.1 Å². The number of ether oxygens (including phenoxy) is 1. The lowest BCUT2D eigenvalue weighted by Gasteiger charge is -2.05. The number of hydrogen-bond donors (Lipinski definition) is 0. The molecule has 100 valence electrons. The molecule has 0 aliphatic rings. The summed E-state index contributed by atoms with van der Waals surface area (Å²) in [7, 11) is 0. The number of alkyl halides is 3. The fourth-order valence-corrected chi connectivity index (χ4v) is 1.19. The molecule has 0 aliphatic heterocycles. The lowest BCUT2D eigenvalue weighted by molar-refractivity contribution is -0.0571. The van der Waals surface area contributed by atoms with E-state index in [1.165, 1.54) is 30.2 Å². The molecule has 0 aliphatic carbocycles. The van der Waals surface area contributed by atoms with Crippen LogP contribution >= 0.6 is 0 Å². The van der Waals surface area contributed by atoms with Crippen LogP contribution in [-0.4, -0.2) is 24.5 Å². The number of hydrogen-bond acceptors (Lipinski definition) is 3. The minimum absolute atomic E-state index is 0.0123. The van der Waals surface area contributed by atoms with E-state index in [9.17, 15) is 18.0 Å². The van der Waals surface area contributed by atoms with E-state index in [0.29, 0.717) is 0 Å². The number of nitrogens with zero attached hydrogens (tertiary/aromatic N) is 1. The van der Waals surface area contributed by atoms with Gasteiger partial charge in [0.25, 0.3) is 0 Å². The predicted octanol–water partition coefficient (Wildman–Crippen LogP) is 3.13. The smallest absolute Gasteiger partial charge is 0.441 e. The molecule has 0 bridgehead atoms. The molecule has 0 heterocycles. The Bertz CT molecular complexity index is 524. The lowest BCUT2D eigenvalue weighted by atomic mass is 10.2. The van der Waals surface area contributed by atoms with Gasteiger partial charge in [0.2, 0.25) is 0 Å². The summed E-state index contributed by atoms with van der Waals surface area (Å²) in [6, 6.07) is 5.16. The molecule has 0 saturated heterocycles. The van der Waals surface area contributed by atoms with Gasteiger partial charge in [-0.25, -0.2) is 9.79 Å². The molecule has 1 aromatic carbocycles. The minimum atomic E-state index is -4.67. The van der Waals surface area contributed by atoms with E-state index >= 15 is 0 Å². The largest absolute Gasteiger partial charge is 0.462 e. The highest BCUT2D eigenvalue weighted by Crippen LogP contribution is 2.21. The van der Waals surface area contributed by atoms with Crippen LogP contribution in [0.3, 0.4) is 0 Å². The maximum atomic E-state index is 12.4. The Labute approximate surface area is 108 Å². The van der Waals surface area contributed by atoms with Crippen LogP contribution < -0.4 is 0 Å². The third-order valence-electron chi connectivity index (χ3n) is 2.02. The quantitative estimate of drug-likeness (QED) is 0.480. The summed E-state index contributed by atoms with van der Waals surface area (Å²) in [5.74, 6) is 0.932. The molecule has 0 atom stereocenters. The molecular formula is C13H10F3NO2. The van der Waals surface area contributed by atoms with E-state index in [-0.39, 0.29) is 17.9 Å². The zero-order chi connectivity index (χ0) is 14.5. The van der Waals surface area contributed by atoms with Crippen molar-refractivity contribution in [2.24, 2.45) is 4.99 Å². The molecule has 0 N–H and O–H groups in total. The highest BCUT2D eigenvalue weighted by Gasteiger charge is 2.34. The summed E-state index contributed by atoms with van der Waals surface area (Å²) in [5.41, 5.74) is -1.08. The number of terminal acetylenes is 1. The standard InChI is InChI=1S/C13H10F3NO2/c1-3-11(13(14,15)16)17-10-7-5-9(6-8-10)12(18)19-4-2/h1,5-8H,4H2,2H3. The SMILES string of the molecule is C#CC(=Nc1ccc(C(=O)OCC)cc1)C(F)(F)F. The van der Waals surface area contributed by atoms with Crippen molar-refractivity contribution in [1.29, 1.82) is 0 Å². The van der Waals surface area contributed by atoms with Crippen LogP contribution in [0.4, 0.5) is 18.9 Å². The Hall–Kier alpha value is -2.29. The second kappa shape index (κ2) is 6.05. The molecule has 0 saturated carbocycles. The van der Waals surface area contributed by atoms with Crippen molar-refractivity contribution < 1.29 is 22.7 Å². The first-order valence-corrected chi connectivity index (χ1v) is 5.28. The Kier molecular flexibility index (Phi) is 4.70. The second-order valence-corrected chi connectivity index (χ2v) is 3.37. The number of halogens is 3. The van der Waals surface area contributed by atoms with Crippen molar-refractivity contribution >= 4 is 17.4 Å². The van der Waals surface area contributed by atoms with E-state index < -0.39 is 17.9 Å². The van der Waals surface area contributed by atoms with Crippen molar-refractivity contribution in [3.05, 3.63) is 29.8 Å². The lowest BCUT2D eigenvalue weighted by Crippen LogP contribution is -2.20. The van der Waals surface area contributed by atoms with E-state index in [1.807, 2.05) is 0 Å². The Balaban J connectivity index is 2.97. The molecule has 0 radical (unpaired) electrons. The number of benzene rings is 1. The number of carbonyl (C=O) groups excluding carboxylic acids is 1. The van der Waals surface area contributed by atoms with Gasteiger partial charge >= 0.3 is 12.1 Å². The van der Waals surface area contributed by atoms with Gasteiger partial charge in [0.15, 0.2) is 5.71 Å². The van der Waals surface area contributed by atoms with Crippen LogP contribution in [0.1, 0.15) is 17.3 Å². The summed E-state index contributed by atoms with van der Waals surface area (Å²) >= 11 is 0. The normalized spacial score (nSPS) is 11.8. The first-order valence-electron chi connectivity index (χ1n) is 5.28. The first-order chi connectivity index (χ1) is 8.88. The first kappa shape index (κ1) is 14.8. The number of rotatable bonds is 3. The van der Waals surface area contributed by atoms with E-state index in [1.54, 1.807) is 6.92 Å². The third-order valence-corrected chi connectivity index (χ3v) is 2.02. The van der Waals surface area contributed by atoms with Crippen molar-refractivity contribution in [1.82, 2.24) is 0 Å². The molecule has 3 nitrogen and oxygen atoms in total. The van der Waals surface area contributed by atoms with Crippen molar-refractivity contribution in [2.45, 2.75) is 13.1 Å². The number of carbonyl (C=O) groups is 1. The van der Waals surface area contributed by atoms with Crippen LogP contribution in [0, 0.1) is 12.3 Å². The monoisotopic (exact) mass is 269 g/mol. The molecule has 6 heteroatoms. The zero-order valence-electron chi connectivity index (χ0n) is 9.99. The van der Waals surface area contributed by atoms with E-state index in [4.69, 9.17) is 11.2 Å². The summed E-state index contributed by atoms with van der Waals surface area (Å²) in [6.45, 7) is 1.87. The Morgan fingerprint density at radius 2 is 1.95 bits per heavy atom. The van der Waals surface area contributed by atoms with Crippen LogP contribution in [0.15, 0.2) is 29.3 Å². The average Bonchev–Trinajstić information content (AvgIpc) is 2.35. The fourth-order valence-electron chi connectivity index (χ4n) is 1.19. The molecule has 0 spiro atoms. The van der Waals surface area contributed by atoms with Crippen LogP contribution in [0.2, 0.25) is 0 Å². The van der Waals surface area contributed by atoms with Crippen molar-refractivity contribution in [3.8, 4) is 12.3 Å². The summed E-state index contributed by atoms with van der Waals surface area (Å²) in [5, 5.41) is 0.